The summed E-state index contributed by atoms with van der Waals surface area (Å²) < 4.78 is 0. The fraction of sp³-hybridized carbons (Fsp3) is 0.526. The van der Waals surface area contributed by atoms with Gasteiger partial charge in [-0.1, -0.05) is 91.8 Å². The smallest absolute Gasteiger partial charge is 0.162 e. The Hall–Kier alpha value is -2.29. The average molecular weight is 745 g/mol. The predicted octanol–water partition coefficient (Wildman–Crippen LogP) is 10.2. The van der Waals surface area contributed by atoms with Crippen LogP contribution >= 0.6 is 0 Å². The van der Waals surface area contributed by atoms with Crippen molar-refractivity contribution < 1.29 is 30.0 Å². The maximum absolute atomic E-state index is 12.0. The maximum Gasteiger partial charge on any atom is 0.162 e. The van der Waals surface area contributed by atoms with Gasteiger partial charge in [0.05, 0.1) is 5.76 Å². The molecule has 42 heavy (non-hydrogen) atoms. The second kappa shape index (κ2) is 14.9. The molecule has 1 heterocycles. The molecule has 0 aliphatic heterocycles. The molecule has 1 N–H and O–H groups in total. The Morgan fingerprint density at radius 1 is 0.929 bits per heavy atom. The van der Waals surface area contributed by atoms with Gasteiger partial charge in [0.2, 0.25) is 0 Å². The summed E-state index contributed by atoms with van der Waals surface area (Å²) in [5.74, 6) is 0.985. The first-order valence-corrected chi connectivity index (χ1v) is 15.5. The minimum absolute atomic E-state index is 0. The van der Waals surface area contributed by atoms with Crippen LogP contribution in [0.2, 0.25) is 0 Å². The van der Waals surface area contributed by atoms with E-state index in [4.69, 9.17) is 4.98 Å². The number of pyridine rings is 1. The van der Waals surface area contributed by atoms with Crippen LogP contribution in [0.1, 0.15) is 108 Å². The number of rotatable bonds is 4. The van der Waals surface area contributed by atoms with Crippen LogP contribution in [0, 0.1) is 37.2 Å². The number of nitrogens with zero attached hydrogens (tertiary/aromatic N) is 1. The number of aliphatic hydroxyl groups is 1. The summed E-state index contributed by atoms with van der Waals surface area (Å²) in [6.07, 6.45) is 17.3. The van der Waals surface area contributed by atoms with Gasteiger partial charge in [-0.15, -0.1) is 34.9 Å². The fourth-order valence-corrected chi connectivity index (χ4v) is 7.23. The molecule has 0 bridgehead atoms. The fourth-order valence-electron chi connectivity index (χ4n) is 7.23. The molecular formula is C38H50IrNO2-. The van der Waals surface area contributed by atoms with E-state index < -0.39 is 0 Å². The van der Waals surface area contributed by atoms with Crippen LogP contribution in [0.15, 0.2) is 48.4 Å². The van der Waals surface area contributed by atoms with Gasteiger partial charge in [0.15, 0.2) is 5.78 Å². The molecule has 2 aromatic carbocycles. The van der Waals surface area contributed by atoms with E-state index in [0.717, 1.165) is 49.8 Å². The summed E-state index contributed by atoms with van der Waals surface area (Å²) in [4.78, 5) is 16.9. The van der Waals surface area contributed by atoms with Gasteiger partial charge in [0.25, 0.3) is 0 Å². The normalized spacial score (nSPS) is 18.7. The Bertz CT molecular complexity index is 1360. The molecule has 4 heteroatoms. The summed E-state index contributed by atoms with van der Waals surface area (Å²) in [7, 11) is 0. The molecule has 0 unspecified atom stereocenters. The van der Waals surface area contributed by atoms with E-state index in [-0.39, 0.29) is 45.2 Å². The van der Waals surface area contributed by atoms with Gasteiger partial charge in [0.1, 0.15) is 0 Å². The van der Waals surface area contributed by atoms with Crippen LogP contribution in [0.4, 0.5) is 0 Å². The van der Waals surface area contributed by atoms with Crippen molar-refractivity contribution in [2.45, 2.75) is 112 Å². The molecule has 3 aliphatic carbocycles. The number of carbonyl (C=O) groups is 1. The molecule has 2 fully saturated rings. The number of allylic oxidation sites excluding steroid dienone is 2. The summed E-state index contributed by atoms with van der Waals surface area (Å²) in [5.41, 5.74) is 7.77. The van der Waals surface area contributed by atoms with Crippen molar-refractivity contribution in [2.24, 2.45) is 17.3 Å². The van der Waals surface area contributed by atoms with Gasteiger partial charge in [0, 0.05) is 44.2 Å². The number of ketones is 1. The van der Waals surface area contributed by atoms with Crippen LogP contribution in [0.5, 0.6) is 0 Å². The van der Waals surface area contributed by atoms with E-state index in [0.29, 0.717) is 11.2 Å². The van der Waals surface area contributed by atoms with Crippen molar-refractivity contribution in [3.05, 3.63) is 76.7 Å². The van der Waals surface area contributed by atoms with Crippen LogP contribution in [0.3, 0.4) is 0 Å². The number of hydrogen-bond acceptors (Lipinski definition) is 3. The monoisotopic (exact) mass is 745 g/mol. The van der Waals surface area contributed by atoms with Crippen molar-refractivity contribution in [1.82, 2.24) is 4.98 Å². The summed E-state index contributed by atoms with van der Waals surface area (Å²) in [6, 6.07) is 14.5. The van der Waals surface area contributed by atoms with E-state index in [1.54, 1.807) is 6.08 Å². The Balaban J connectivity index is 0.000000230. The van der Waals surface area contributed by atoms with Gasteiger partial charge in [-0.05, 0) is 71.5 Å². The predicted molar refractivity (Wildman–Crippen MR) is 172 cm³/mol. The van der Waals surface area contributed by atoms with Crippen LogP contribution in [-0.4, -0.2) is 15.9 Å². The number of benzene rings is 2. The number of aliphatic hydroxyl groups excluding tert-OH is 1. The zero-order valence-corrected chi connectivity index (χ0v) is 27.7. The molecule has 0 atom stereocenters. The van der Waals surface area contributed by atoms with E-state index in [2.05, 4.69) is 70.3 Å². The van der Waals surface area contributed by atoms with Gasteiger partial charge in [-0.2, -0.15) is 0 Å². The van der Waals surface area contributed by atoms with Crippen LogP contribution in [-0.2, 0) is 37.7 Å². The largest absolute Gasteiger partial charge is 0.512 e. The van der Waals surface area contributed by atoms with Crippen LogP contribution < -0.4 is 0 Å². The van der Waals surface area contributed by atoms with E-state index in [9.17, 15) is 9.90 Å². The molecule has 1 radical (unpaired) electrons. The number of hydrogen-bond donors (Lipinski definition) is 1. The molecule has 1 aromatic heterocycles. The van der Waals surface area contributed by atoms with E-state index in [1.807, 2.05) is 0 Å². The molecule has 2 saturated carbocycles. The quantitative estimate of drug-likeness (QED) is 0.164. The van der Waals surface area contributed by atoms with Gasteiger partial charge in [-0.3, -0.25) is 4.79 Å². The van der Waals surface area contributed by atoms with Gasteiger partial charge < -0.3 is 10.1 Å². The molecular weight excluding hydrogens is 695 g/mol. The van der Waals surface area contributed by atoms with Crippen molar-refractivity contribution in [3.63, 3.8) is 0 Å². The van der Waals surface area contributed by atoms with Gasteiger partial charge >= 0.3 is 0 Å². The van der Waals surface area contributed by atoms with Crippen molar-refractivity contribution in [3.8, 4) is 11.3 Å². The molecule has 0 spiro atoms. The first-order chi connectivity index (χ1) is 19.2. The Labute approximate surface area is 268 Å². The molecule has 3 aliphatic rings. The Kier molecular flexibility index (Phi) is 12.2. The molecule has 3 nitrogen and oxygen atoms in total. The molecule has 6 rings (SSSR count). The number of aryl methyl sites for hydroxylation is 2. The van der Waals surface area contributed by atoms with Crippen molar-refractivity contribution >= 4 is 16.6 Å². The summed E-state index contributed by atoms with van der Waals surface area (Å²) >= 11 is 0. The molecule has 3 aromatic rings. The Morgan fingerprint density at radius 2 is 1.55 bits per heavy atom. The summed E-state index contributed by atoms with van der Waals surface area (Å²) in [5, 5.41) is 12.7. The second-order valence-corrected chi connectivity index (χ2v) is 13.4. The van der Waals surface area contributed by atoms with Crippen molar-refractivity contribution in [1.29, 1.82) is 0 Å². The molecule has 0 amide bonds. The first kappa shape index (κ1) is 34.2. The minimum atomic E-state index is 0. The third kappa shape index (κ3) is 8.20. The van der Waals surface area contributed by atoms with Crippen LogP contribution in [0.25, 0.3) is 22.0 Å². The Morgan fingerprint density at radius 3 is 2.19 bits per heavy atom. The molecule has 0 saturated heterocycles. The number of carbonyl (C=O) groups excluding carboxylic acids is 1. The third-order valence-corrected chi connectivity index (χ3v) is 9.14. The molecule has 229 valence electrons. The zero-order chi connectivity index (χ0) is 28.3. The van der Waals surface area contributed by atoms with E-state index in [1.165, 1.54) is 71.6 Å². The average Bonchev–Trinajstić information content (AvgIpc) is 2.93. The minimum Gasteiger partial charge on any atom is -0.512 e. The first-order valence-electron chi connectivity index (χ1n) is 15.5. The standard InChI is InChI=1S/C22H22N.C15H24O2.CH4.Ir/c1-14-8-15(2)10-17(9-14)21-19-7-5-6-16-11-22(3,4)12-18(13-23-21)20(16)19;16-14(12-7-3-1-4-8-12)11-15(17)13-9-5-2-6-10-13;;/h5-9,13H,11-12H2,1-4H3;11-13,16H,1-10H2;1H4;/q-1;;;. The summed E-state index contributed by atoms with van der Waals surface area (Å²) in [6.45, 7) is 8.93. The SMILES string of the molecule is C.Cc1[c-]c(-c2ncc3c4c(cccc24)CC(C)(C)C3)cc(C)c1.O=C(C=C(O)C1CCCCC1)C1CCCCC1.[Ir]. The van der Waals surface area contributed by atoms with E-state index >= 15 is 0 Å². The maximum atomic E-state index is 12.0. The number of aromatic nitrogens is 1. The van der Waals surface area contributed by atoms with Gasteiger partial charge in [-0.25, -0.2) is 0 Å². The third-order valence-electron chi connectivity index (χ3n) is 9.14. The topological polar surface area (TPSA) is 50.2 Å². The zero-order valence-electron chi connectivity index (χ0n) is 25.3. The van der Waals surface area contributed by atoms with Crippen molar-refractivity contribution in [2.75, 3.05) is 0 Å². The second-order valence-electron chi connectivity index (χ2n) is 13.4.